The average Bonchev–Trinajstić information content (AvgIpc) is 3.07. The number of benzene rings is 2. The lowest BCUT2D eigenvalue weighted by Gasteiger charge is -2.13. The Hall–Kier alpha value is -2.80. The second-order valence-electron chi connectivity index (χ2n) is 5.87. The molecule has 0 bridgehead atoms. The number of ether oxygens (including phenoxy) is 2. The summed E-state index contributed by atoms with van der Waals surface area (Å²) in [5, 5.41) is 7.27. The molecule has 1 heterocycles. The molecule has 3 aromatic rings. The van der Waals surface area contributed by atoms with Crippen LogP contribution in [0.5, 0.6) is 11.5 Å². The zero-order chi connectivity index (χ0) is 19.4. The number of carbonyl (C=O) groups is 1. The lowest BCUT2D eigenvalue weighted by molar-refractivity contribution is 0.0950. The van der Waals surface area contributed by atoms with Gasteiger partial charge in [-0.05, 0) is 37.3 Å². The van der Waals surface area contributed by atoms with Gasteiger partial charge in [-0.2, -0.15) is 5.10 Å². The van der Waals surface area contributed by atoms with Gasteiger partial charge < -0.3 is 14.8 Å². The Bertz CT molecular complexity index is 952. The zero-order valence-electron chi connectivity index (χ0n) is 15.3. The van der Waals surface area contributed by atoms with E-state index in [4.69, 9.17) is 9.47 Å². The molecule has 0 aliphatic heterocycles. The molecule has 0 saturated heterocycles. The molecule has 2 aromatic carbocycles. The van der Waals surface area contributed by atoms with E-state index < -0.39 is 0 Å². The van der Waals surface area contributed by atoms with Gasteiger partial charge in [0.05, 0.1) is 37.4 Å². The third-order valence-corrected chi connectivity index (χ3v) is 4.78. The molecule has 1 aromatic heterocycles. The predicted octanol–water partition coefficient (Wildman–Crippen LogP) is 3.89. The molecule has 7 heteroatoms. The van der Waals surface area contributed by atoms with Crippen LogP contribution in [0.1, 0.15) is 21.6 Å². The van der Waals surface area contributed by atoms with Gasteiger partial charge in [0.2, 0.25) is 0 Å². The molecule has 0 saturated carbocycles. The van der Waals surface area contributed by atoms with Crippen LogP contribution in [0.2, 0.25) is 0 Å². The van der Waals surface area contributed by atoms with Crippen molar-refractivity contribution in [2.45, 2.75) is 13.5 Å². The summed E-state index contributed by atoms with van der Waals surface area (Å²) < 4.78 is 13.4. The molecule has 27 heavy (non-hydrogen) atoms. The minimum absolute atomic E-state index is 0.194. The van der Waals surface area contributed by atoms with Crippen LogP contribution in [0.4, 0.5) is 0 Å². The maximum absolute atomic E-state index is 12.6. The van der Waals surface area contributed by atoms with E-state index >= 15 is 0 Å². The van der Waals surface area contributed by atoms with Crippen LogP contribution in [0, 0.1) is 6.92 Å². The average molecular weight is 430 g/mol. The third-order valence-electron chi connectivity index (χ3n) is 4.25. The highest BCUT2D eigenvalue weighted by atomic mass is 79.9. The Labute approximate surface area is 166 Å². The lowest BCUT2D eigenvalue weighted by atomic mass is 10.1. The molecule has 0 atom stereocenters. The van der Waals surface area contributed by atoms with E-state index in [2.05, 4.69) is 26.3 Å². The Morgan fingerprint density at radius 1 is 1.15 bits per heavy atom. The first-order valence-corrected chi connectivity index (χ1v) is 9.13. The first-order valence-electron chi connectivity index (χ1n) is 8.33. The number of amides is 1. The van der Waals surface area contributed by atoms with Crippen molar-refractivity contribution in [3.8, 4) is 17.2 Å². The molecule has 0 unspecified atom stereocenters. The van der Waals surface area contributed by atoms with Crippen LogP contribution in [0.15, 0.2) is 53.1 Å². The van der Waals surface area contributed by atoms with E-state index in [9.17, 15) is 4.79 Å². The maximum atomic E-state index is 12.6. The van der Waals surface area contributed by atoms with E-state index in [1.165, 1.54) is 0 Å². The summed E-state index contributed by atoms with van der Waals surface area (Å²) in [5.41, 5.74) is 3.03. The highest BCUT2D eigenvalue weighted by Crippen LogP contribution is 2.30. The number of nitrogens with one attached hydrogen (secondary N) is 1. The minimum Gasteiger partial charge on any atom is -0.493 e. The molecule has 0 aliphatic rings. The van der Waals surface area contributed by atoms with Crippen molar-refractivity contribution in [1.82, 2.24) is 15.1 Å². The van der Waals surface area contributed by atoms with Gasteiger partial charge in [-0.1, -0.05) is 28.1 Å². The quantitative estimate of drug-likeness (QED) is 0.645. The molecule has 1 amide bonds. The normalized spacial score (nSPS) is 10.5. The molecule has 0 aliphatic carbocycles. The number of nitrogens with zero attached hydrogens (tertiary/aromatic N) is 2. The molecule has 6 nitrogen and oxygen atoms in total. The molecule has 140 valence electrons. The van der Waals surface area contributed by atoms with Crippen molar-refractivity contribution in [2.24, 2.45) is 0 Å². The van der Waals surface area contributed by atoms with E-state index in [0.717, 1.165) is 21.4 Å². The smallest absolute Gasteiger partial charge is 0.255 e. The fraction of sp³-hybridized carbons (Fsp3) is 0.200. The van der Waals surface area contributed by atoms with Gasteiger partial charge in [-0.15, -0.1) is 0 Å². The molecule has 1 N–H and O–H groups in total. The summed E-state index contributed by atoms with van der Waals surface area (Å²) in [4.78, 5) is 12.6. The number of para-hydroxylation sites is 1. The number of methoxy groups -OCH3 is 2. The Morgan fingerprint density at radius 2 is 1.89 bits per heavy atom. The molecule has 0 fully saturated rings. The Morgan fingerprint density at radius 3 is 2.56 bits per heavy atom. The number of hydrogen-bond acceptors (Lipinski definition) is 4. The fourth-order valence-corrected chi connectivity index (χ4v) is 3.10. The monoisotopic (exact) mass is 429 g/mol. The van der Waals surface area contributed by atoms with Gasteiger partial charge in [-0.25, -0.2) is 4.68 Å². The second-order valence-corrected chi connectivity index (χ2v) is 6.78. The van der Waals surface area contributed by atoms with Gasteiger partial charge in [0, 0.05) is 16.6 Å². The zero-order valence-corrected chi connectivity index (χ0v) is 16.9. The standard InChI is InChI=1S/C20H20BrN3O3/c1-13-17(12-23-24(13)16-9-7-15(21)8-10-16)20(25)22-11-14-5-4-6-18(26-2)19(14)27-3/h4-10,12H,11H2,1-3H3,(H,22,25). The fourth-order valence-electron chi connectivity index (χ4n) is 2.84. The van der Waals surface area contributed by atoms with Crippen LogP contribution < -0.4 is 14.8 Å². The van der Waals surface area contributed by atoms with Gasteiger partial charge in [0.25, 0.3) is 5.91 Å². The highest BCUT2D eigenvalue weighted by molar-refractivity contribution is 9.10. The number of hydrogen-bond donors (Lipinski definition) is 1. The van der Waals surface area contributed by atoms with E-state index in [-0.39, 0.29) is 5.91 Å². The lowest BCUT2D eigenvalue weighted by Crippen LogP contribution is -2.23. The van der Waals surface area contributed by atoms with E-state index in [1.807, 2.05) is 49.4 Å². The van der Waals surface area contributed by atoms with Crippen molar-refractivity contribution >= 4 is 21.8 Å². The van der Waals surface area contributed by atoms with Crippen LogP contribution in [-0.4, -0.2) is 29.9 Å². The first kappa shape index (κ1) is 19.0. The summed E-state index contributed by atoms with van der Waals surface area (Å²) >= 11 is 3.42. The summed E-state index contributed by atoms with van der Waals surface area (Å²) in [6, 6.07) is 13.3. The SMILES string of the molecule is COc1cccc(CNC(=O)c2cnn(-c3ccc(Br)cc3)c2C)c1OC. The van der Waals surface area contributed by atoms with E-state index in [1.54, 1.807) is 25.1 Å². The number of rotatable bonds is 6. The van der Waals surface area contributed by atoms with Crippen molar-refractivity contribution < 1.29 is 14.3 Å². The summed E-state index contributed by atoms with van der Waals surface area (Å²) in [7, 11) is 3.16. The largest absolute Gasteiger partial charge is 0.493 e. The van der Waals surface area contributed by atoms with Gasteiger partial charge in [0.15, 0.2) is 11.5 Å². The molecular formula is C20H20BrN3O3. The Kier molecular flexibility index (Phi) is 5.81. The highest BCUT2D eigenvalue weighted by Gasteiger charge is 2.16. The van der Waals surface area contributed by atoms with Crippen molar-refractivity contribution in [3.63, 3.8) is 0 Å². The minimum atomic E-state index is -0.194. The van der Waals surface area contributed by atoms with Gasteiger partial charge in [0.1, 0.15) is 0 Å². The predicted molar refractivity (Wildman–Crippen MR) is 107 cm³/mol. The van der Waals surface area contributed by atoms with Crippen LogP contribution >= 0.6 is 15.9 Å². The maximum Gasteiger partial charge on any atom is 0.255 e. The summed E-state index contributed by atoms with van der Waals surface area (Å²) in [5.74, 6) is 1.05. The number of carbonyl (C=O) groups excluding carboxylic acids is 1. The molecule has 0 radical (unpaired) electrons. The third kappa shape index (κ3) is 3.98. The van der Waals surface area contributed by atoms with Crippen molar-refractivity contribution in [2.75, 3.05) is 14.2 Å². The van der Waals surface area contributed by atoms with Gasteiger partial charge in [-0.3, -0.25) is 4.79 Å². The first-order chi connectivity index (χ1) is 13.0. The van der Waals surface area contributed by atoms with Crippen LogP contribution in [0.3, 0.4) is 0 Å². The van der Waals surface area contributed by atoms with Crippen molar-refractivity contribution in [3.05, 3.63) is 70.0 Å². The van der Waals surface area contributed by atoms with Gasteiger partial charge >= 0.3 is 0 Å². The van der Waals surface area contributed by atoms with Crippen LogP contribution in [-0.2, 0) is 6.54 Å². The summed E-state index contributed by atoms with van der Waals surface area (Å²) in [6.07, 6.45) is 1.58. The van der Waals surface area contributed by atoms with E-state index in [0.29, 0.717) is 23.6 Å². The molecule has 0 spiro atoms. The topological polar surface area (TPSA) is 65.4 Å². The summed E-state index contributed by atoms with van der Waals surface area (Å²) in [6.45, 7) is 2.19. The number of aromatic nitrogens is 2. The van der Waals surface area contributed by atoms with Crippen LogP contribution in [0.25, 0.3) is 5.69 Å². The second kappa shape index (κ2) is 8.26. The molecular weight excluding hydrogens is 410 g/mol. The Balaban J connectivity index is 1.77. The van der Waals surface area contributed by atoms with Crippen molar-refractivity contribution in [1.29, 1.82) is 0 Å². The molecule has 3 rings (SSSR count). The number of halogens is 1.